The zero-order chi connectivity index (χ0) is 15.1. The number of carbonyl (C=O) groups is 1. The van der Waals surface area contributed by atoms with Crippen molar-refractivity contribution in [2.24, 2.45) is 0 Å². The molecular formula is C15H10BrClN2O2. The third kappa shape index (κ3) is 2.54. The minimum atomic E-state index is -0.302. The van der Waals surface area contributed by atoms with E-state index in [1.165, 1.54) is 0 Å². The van der Waals surface area contributed by atoms with Gasteiger partial charge in [0.2, 0.25) is 0 Å². The van der Waals surface area contributed by atoms with Crippen molar-refractivity contribution in [2.75, 3.05) is 0 Å². The van der Waals surface area contributed by atoms with E-state index < -0.39 is 0 Å². The first-order valence-corrected chi connectivity index (χ1v) is 7.35. The molecule has 6 heteroatoms. The largest absolute Gasteiger partial charge is 0.323 e. The molecule has 0 aliphatic heterocycles. The van der Waals surface area contributed by atoms with Crippen LogP contribution in [0.4, 0.5) is 0 Å². The fourth-order valence-corrected chi connectivity index (χ4v) is 3.01. The summed E-state index contributed by atoms with van der Waals surface area (Å²) >= 11 is 9.30. The Hall–Kier alpha value is -1.85. The molecule has 3 aromatic rings. The van der Waals surface area contributed by atoms with Gasteiger partial charge in [-0.1, -0.05) is 11.6 Å². The number of aromatic amines is 2. The van der Waals surface area contributed by atoms with Gasteiger partial charge in [0.1, 0.15) is 0 Å². The lowest BCUT2D eigenvalue weighted by Gasteiger charge is -2.07. The highest BCUT2D eigenvalue weighted by atomic mass is 79.9. The summed E-state index contributed by atoms with van der Waals surface area (Å²) in [5, 5.41) is 0.591. The molecule has 0 unspecified atom stereocenters. The molecule has 1 aromatic heterocycles. The number of nitrogens with one attached hydrogen (secondary N) is 2. The highest BCUT2D eigenvalue weighted by Gasteiger charge is 2.16. The summed E-state index contributed by atoms with van der Waals surface area (Å²) in [5.74, 6) is -0.125. The van der Waals surface area contributed by atoms with E-state index in [0.29, 0.717) is 31.7 Å². The first kappa shape index (κ1) is 14.1. The summed E-state index contributed by atoms with van der Waals surface area (Å²) in [6.45, 7) is 1.84. The number of aromatic nitrogens is 2. The number of H-pyrrole nitrogens is 2. The van der Waals surface area contributed by atoms with Gasteiger partial charge in [-0.2, -0.15) is 0 Å². The molecule has 3 rings (SSSR count). The van der Waals surface area contributed by atoms with Gasteiger partial charge in [-0.3, -0.25) is 4.79 Å². The third-order valence-electron chi connectivity index (χ3n) is 3.28. The minimum absolute atomic E-state index is 0.125. The number of aryl methyl sites for hydroxylation is 1. The average Bonchev–Trinajstić information content (AvgIpc) is 2.76. The molecule has 0 atom stereocenters. The molecule has 0 aliphatic rings. The van der Waals surface area contributed by atoms with Gasteiger partial charge >= 0.3 is 5.69 Å². The monoisotopic (exact) mass is 364 g/mol. The first-order valence-electron chi connectivity index (χ1n) is 6.18. The Morgan fingerprint density at radius 2 is 1.76 bits per heavy atom. The molecule has 4 nitrogen and oxygen atoms in total. The number of hydrogen-bond acceptors (Lipinski definition) is 2. The fourth-order valence-electron chi connectivity index (χ4n) is 2.26. The van der Waals surface area contributed by atoms with Crippen LogP contribution in [-0.2, 0) is 0 Å². The summed E-state index contributed by atoms with van der Waals surface area (Å²) in [5.41, 5.74) is 2.82. The van der Waals surface area contributed by atoms with E-state index in [2.05, 4.69) is 25.9 Å². The van der Waals surface area contributed by atoms with Crippen LogP contribution in [-0.4, -0.2) is 15.8 Å². The van der Waals surface area contributed by atoms with E-state index in [0.717, 1.165) is 5.56 Å². The van der Waals surface area contributed by atoms with Gasteiger partial charge in [0.25, 0.3) is 0 Å². The van der Waals surface area contributed by atoms with Crippen molar-refractivity contribution in [3.05, 3.63) is 67.0 Å². The number of halogens is 2. The summed E-state index contributed by atoms with van der Waals surface area (Å²) < 4.78 is 0.629. The Morgan fingerprint density at radius 1 is 1.10 bits per heavy atom. The van der Waals surface area contributed by atoms with Gasteiger partial charge in [0.05, 0.1) is 11.0 Å². The number of benzene rings is 2. The zero-order valence-corrected chi connectivity index (χ0v) is 13.3. The van der Waals surface area contributed by atoms with Crippen molar-refractivity contribution in [2.45, 2.75) is 6.92 Å². The summed E-state index contributed by atoms with van der Waals surface area (Å²) in [7, 11) is 0. The van der Waals surface area contributed by atoms with Crippen molar-refractivity contribution >= 4 is 44.3 Å². The molecule has 0 saturated carbocycles. The van der Waals surface area contributed by atoms with Crippen LogP contribution in [0.2, 0.25) is 5.02 Å². The second-order valence-corrected chi connectivity index (χ2v) is 6.04. The smallest absolute Gasteiger partial charge is 0.306 e. The van der Waals surface area contributed by atoms with E-state index in [4.69, 9.17) is 11.6 Å². The highest BCUT2D eigenvalue weighted by Crippen LogP contribution is 2.26. The molecule has 2 aromatic carbocycles. The van der Waals surface area contributed by atoms with Gasteiger partial charge in [-0.15, -0.1) is 0 Å². The number of hydrogen-bond donors (Lipinski definition) is 2. The lowest BCUT2D eigenvalue weighted by atomic mass is 9.99. The second kappa shape index (κ2) is 5.16. The Bertz CT molecular complexity index is 927. The Balaban J connectivity index is 2.16. The number of imidazole rings is 1. The second-order valence-electron chi connectivity index (χ2n) is 4.75. The maximum absolute atomic E-state index is 12.7. The predicted octanol–water partition coefficient (Wildman–Crippen LogP) is 3.81. The van der Waals surface area contributed by atoms with Crippen molar-refractivity contribution < 1.29 is 4.79 Å². The van der Waals surface area contributed by atoms with E-state index in [1.54, 1.807) is 30.3 Å². The van der Waals surface area contributed by atoms with Crippen LogP contribution >= 0.6 is 27.5 Å². The molecule has 0 bridgehead atoms. The molecule has 1 heterocycles. The number of fused-ring (bicyclic) bond motifs is 1. The fraction of sp³-hybridized carbons (Fsp3) is 0.0667. The van der Waals surface area contributed by atoms with Crippen molar-refractivity contribution in [3.8, 4) is 0 Å². The Labute approximate surface area is 133 Å². The Morgan fingerprint density at radius 3 is 2.43 bits per heavy atom. The predicted molar refractivity (Wildman–Crippen MR) is 86.2 cm³/mol. The zero-order valence-electron chi connectivity index (χ0n) is 11.0. The van der Waals surface area contributed by atoms with Crippen LogP contribution in [0.15, 0.2) is 39.6 Å². The van der Waals surface area contributed by atoms with Crippen LogP contribution in [0, 0.1) is 6.92 Å². The average molecular weight is 366 g/mol. The highest BCUT2D eigenvalue weighted by molar-refractivity contribution is 9.10. The quantitative estimate of drug-likeness (QED) is 0.678. The van der Waals surface area contributed by atoms with Gasteiger partial charge in [0.15, 0.2) is 5.78 Å². The Kier molecular flexibility index (Phi) is 3.47. The van der Waals surface area contributed by atoms with Crippen LogP contribution in [0.25, 0.3) is 11.0 Å². The van der Waals surface area contributed by atoms with Crippen LogP contribution in [0.1, 0.15) is 21.5 Å². The molecule has 0 aliphatic carbocycles. The summed E-state index contributed by atoms with van der Waals surface area (Å²) in [6, 6.07) is 8.52. The molecule has 21 heavy (non-hydrogen) atoms. The maximum atomic E-state index is 12.7. The van der Waals surface area contributed by atoms with Crippen molar-refractivity contribution in [1.29, 1.82) is 0 Å². The maximum Gasteiger partial charge on any atom is 0.323 e. The summed E-state index contributed by atoms with van der Waals surface area (Å²) in [4.78, 5) is 29.3. The number of rotatable bonds is 2. The standard InChI is InChI=1S/C15H10BrClN2O2/c1-7-4-8(17)2-3-9(7)14(20)10-5-12-13(6-11(10)16)19-15(21)18-12/h2-6H,1H3,(H2,18,19,21). The minimum Gasteiger partial charge on any atom is -0.306 e. The molecule has 0 amide bonds. The van der Waals surface area contributed by atoms with Gasteiger partial charge in [-0.25, -0.2) is 4.79 Å². The van der Waals surface area contributed by atoms with Gasteiger partial charge in [0, 0.05) is 20.6 Å². The molecule has 0 radical (unpaired) electrons. The number of carbonyl (C=O) groups excluding carboxylic acids is 1. The van der Waals surface area contributed by atoms with E-state index >= 15 is 0 Å². The van der Waals surface area contributed by atoms with Crippen LogP contribution in [0.5, 0.6) is 0 Å². The number of ketones is 1. The molecule has 0 saturated heterocycles. The van der Waals surface area contributed by atoms with Gasteiger partial charge < -0.3 is 9.97 Å². The van der Waals surface area contributed by atoms with Crippen LogP contribution in [0.3, 0.4) is 0 Å². The topological polar surface area (TPSA) is 65.7 Å². The van der Waals surface area contributed by atoms with Crippen LogP contribution < -0.4 is 5.69 Å². The molecular weight excluding hydrogens is 356 g/mol. The molecule has 106 valence electrons. The van der Waals surface area contributed by atoms with Gasteiger partial charge in [-0.05, 0) is 58.7 Å². The van der Waals surface area contributed by atoms with E-state index in [1.807, 2.05) is 6.92 Å². The normalized spacial score (nSPS) is 11.0. The molecule has 0 spiro atoms. The lowest BCUT2D eigenvalue weighted by molar-refractivity contribution is 0.103. The SMILES string of the molecule is Cc1cc(Cl)ccc1C(=O)c1cc2[nH]c(=O)[nH]c2cc1Br. The molecule has 2 N–H and O–H groups in total. The van der Waals surface area contributed by atoms with E-state index in [9.17, 15) is 9.59 Å². The molecule has 0 fully saturated rings. The summed E-state index contributed by atoms with van der Waals surface area (Å²) in [6.07, 6.45) is 0. The lowest BCUT2D eigenvalue weighted by Crippen LogP contribution is -2.04. The third-order valence-corrected chi connectivity index (χ3v) is 4.17. The van der Waals surface area contributed by atoms with Crippen molar-refractivity contribution in [1.82, 2.24) is 9.97 Å². The van der Waals surface area contributed by atoms with Crippen molar-refractivity contribution in [3.63, 3.8) is 0 Å². The van der Waals surface area contributed by atoms with E-state index in [-0.39, 0.29) is 11.5 Å². The first-order chi connectivity index (χ1) is 9.95.